The minimum atomic E-state index is -4.43. The van der Waals surface area contributed by atoms with E-state index < -0.39 is 37.3 Å². The highest BCUT2D eigenvalue weighted by Crippen LogP contribution is 2.50. The second kappa shape index (κ2) is 12.2. The van der Waals surface area contributed by atoms with Crippen molar-refractivity contribution in [2.24, 2.45) is 11.7 Å². The summed E-state index contributed by atoms with van der Waals surface area (Å²) in [6.07, 6.45) is 0.221. The summed E-state index contributed by atoms with van der Waals surface area (Å²) in [5.74, 6) is -3.56. The van der Waals surface area contributed by atoms with Crippen LogP contribution in [-0.4, -0.2) is 46.1 Å². The van der Waals surface area contributed by atoms with Crippen LogP contribution in [0.25, 0.3) is 0 Å². The molecule has 2 unspecified atom stereocenters. The summed E-state index contributed by atoms with van der Waals surface area (Å²) in [4.78, 5) is 44.4. The van der Waals surface area contributed by atoms with E-state index in [1.165, 1.54) is 6.92 Å². The molecular formula is C16H31N2O7P. The Morgan fingerprint density at radius 3 is 2.23 bits per heavy atom. The van der Waals surface area contributed by atoms with Gasteiger partial charge in [-0.15, -0.1) is 0 Å². The van der Waals surface area contributed by atoms with Gasteiger partial charge in [0.05, 0.1) is 0 Å². The normalized spacial score (nSPS) is 15.9. The SMILES string of the molecule is CC(=O)CCCC(=O)NC(C(C)C)P(=O)(O)O[C@@H](CCCCN)C(=O)O. The number of carbonyl (C=O) groups is 3. The standard InChI is InChI=1S/C16H31N2O7P/c1-11(2)15(18-14(20)9-6-7-12(3)19)26(23,24)25-13(16(21)22)8-4-5-10-17/h11,13,15H,4-10,17H2,1-3H3,(H,18,20)(H,21,22)(H,23,24)/t13-,15?/m0/s1. The van der Waals surface area contributed by atoms with Crippen LogP contribution in [0.4, 0.5) is 0 Å². The molecule has 5 N–H and O–H groups in total. The molecule has 0 bridgehead atoms. The third-order valence-electron chi connectivity index (χ3n) is 3.70. The van der Waals surface area contributed by atoms with Gasteiger partial charge < -0.3 is 25.8 Å². The lowest BCUT2D eigenvalue weighted by atomic mass is 10.1. The lowest BCUT2D eigenvalue weighted by Crippen LogP contribution is -2.40. The van der Waals surface area contributed by atoms with Gasteiger partial charge in [-0.05, 0) is 45.1 Å². The van der Waals surface area contributed by atoms with E-state index >= 15 is 0 Å². The van der Waals surface area contributed by atoms with Crippen LogP contribution < -0.4 is 11.1 Å². The third-order valence-corrected chi connectivity index (χ3v) is 5.68. The number of ketones is 1. The maximum atomic E-state index is 12.6. The third kappa shape index (κ3) is 10.0. The number of carboxylic acid groups (broad SMARTS) is 1. The molecule has 10 heteroatoms. The molecule has 0 saturated heterocycles. The molecule has 9 nitrogen and oxygen atoms in total. The van der Waals surface area contributed by atoms with Crippen LogP contribution in [0.2, 0.25) is 0 Å². The van der Waals surface area contributed by atoms with Crippen molar-refractivity contribution in [2.45, 2.75) is 71.2 Å². The van der Waals surface area contributed by atoms with E-state index in [4.69, 9.17) is 10.3 Å². The van der Waals surface area contributed by atoms with E-state index in [2.05, 4.69) is 5.32 Å². The number of carbonyl (C=O) groups excluding carboxylic acids is 2. The Bertz CT molecular complexity index is 525. The van der Waals surface area contributed by atoms with Crippen molar-refractivity contribution < 1.29 is 33.5 Å². The van der Waals surface area contributed by atoms with E-state index in [0.29, 0.717) is 25.8 Å². The van der Waals surface area contributed by atoms with Crippen molar-refractivity contribution in [1.29, 1.82) is 0 Å². The minimum Gasteiger partial charge on any atom is -0.479 e. The summed E-state index contributed by atoms with van der Waals surface area (Å²) < 4.78 is 17.6. The van der Waals surface area contributed by atoms with E-state index in [1.807, 2.05) is 0 Å². The van der Waals surface area contributed by atoms with Crippen molar-refractivity contribution in [3.8, 4) is 0 Å². The first-order chi connectivity index (χ1) is 12.0. The van der Waals surface area contributed by atoms with Crippen LogP contribution in [0, 0.1) is 5.92 Å². The van der Waals surface area contributed by atoms with Gasteiger partial charge in [-0.25, -0.2) is 4.79 Å². The van der Waals surface area contributed by atoms with E-state index in [1.54, 1.807) is 13.8 Å². The fraction of sp³-hybridized carbons (Fsp3) is 0.812. The van der Waals surface area contributed by atoms with Gasteiger partial charge in [0.15, 0.2) is 6.10 Å². The van der Waals surface area contributed by atoms with Gasteiger partial charge in [0.1, 0.15) is 11.6 Å². The molecule has 0 aromatic carbocycles. The van der Waals surface area contributed by atoms with Gasteiger partial charge in [0.25, 0.3) is 0 Å². The van der Waals surface area contributed by atoms with Crippen molar-refractivity contribution in [1.82, 2.24) is 5.32 Å². The van der Waals surface area contributed by atoms with Gasteiger partial charge in [0, 0.05) is 12.8 Å². The molecule has 152 valence electrons. The maximum Gasteiger partial charge on any atom is 0.351 e. The molecule has 0 rings (SSSR count). The van der Waals surface area contributed by atoms with Gasteiger partial charge in [-0.2, -0.15) is 0 Å². The highest BCUT2D eigenvalue weighted by Gasteiger charge is 2.40. The predicted molar refractivity (Wildman–Crippen MR) is 96.5 cm³/mol. The number of carboxylic acids is 1. The second-order valence-electron chi connectivity index (χ2n) is 6.59. The average Bonchev–Trinajstić information content (AvgIpc) is 2.50. The molecule has 0 fully saturated rings. The zero-order valence-electron chi connectivity index (χ0n) is 15.6. The molecule has 0 aliphatic rings. The van der Waals surface area contributed by atoms with Crippen LogP contribution in [0.3, 0.4) is 0 Å². The molecule has 0 radical (unpaired) electrons. The number of nitrogens with one attached hydrogen (secondary N) is 1. The lowest BCUT2D eigenvalue weighted by molar-refractivity contribution is -0.145. The summed E-state index contributed by atoms with van der Waals surface area (Å²) in [6, 6.07) is 0. The molecule has 0 aromatic heterocycles. The van der Waals surface area contributed by atoms with Gasteiger partial charge in [0.2, 0.25) is 5.91 Å². The molecule has 0 aliphatic heterocycles. The van der Waals surface area contributed by atoms with E-state index in [-0.39, 0.29) is 25.0 Å². The summed E-state index contributed by atoms with van der Waals surface area (Å²) in [6.45, 7) is 5.04. The smallest absolute Gasteiger partial charge is 0.351 e. The largest absolute Gasteiger partial charge is 0.479 e. The second-order valence-corrected chi connectivity index (χ2v) is 8.49. The van der Waals surface area contributed by atoms with Crippen LogP contribution >= 0.6 is 7.60 Å². The number of aliphatic carboxylic acids is 1. The monoisotopic (exact) mass is 394 g/mol. The highest BCUT2D eigenvalue weighted by molar-refractivity contribution is 7.53. The number of Topliss-reactive ketones (excluding diaryl/α,β-unsaturated/α-hetero) is 1. The molecule has 0 aromatic rings. The molecule has 26 heavy (non-hydrogen) atoms. The van der Waals surface area contributed by atoms with Gasteiger partial charge in [-0.1, -0.05) is 13.8 Å². The zero-order chi connectivity index (χ0) is 20.3. The van der Waals surface area contributed by atoms with Gasteiger partial charge in [-0.3, -0.25) is 13.9 Å². The summed E-state index contributed by atoms with van der Waals surface area (Å²) in [5, 5.41) is 11.6. The fourth-order valence-corrected chi connectivity index (χ4v) is 4.06. The Kier molecular flexibility index (Phi) is 11.6. The molecule has 0 spiro atoms. The number of hydrogen-bond acceptors (Lipinski definition) is 6. The van der Waals surface area contributed by atoms with Crippen LogP contribution in [0.15, 0.2) is 0 Å². The first-order valence-electron chi connectivity index (χ1n) is 8.73. The number of amides is 1. The zero-order valence-corrected chi connectivity index (χ0v) is 16.5. The van der Waals surface area contributed by atoms with Crippen LogP contribution in [0.1, 0.15) is 59.3 Å². The Balaban J connectivity index is 4.95. The molecule has 0 heterocycles. The minimum absolute atomic E-state index is 0.0294. The fourth-order valence-electron chi connectivity index (χ4n) is 2.30. The summed E-state index contributed by atoms with van der Waals surface area (Å²) >= 11 is 0. The van der Waals surface area contributed by atoms with E-state index in [0.717, 1.165) is 0 Å². The Labute approximate surface area is 154 Å². The molecule has 0 saturated carbocycles. The predicted octanol–water partition coefficient (Wildman–Crippen LogP) is 1.63. The Morgan fingerprint density at radius 2 is 1.77 bits per heavy atom. The number of nitrogens with two attached hydrogens (primary N) is 1. The van der Waals surface area contributed by atoms with E-state index in [9.17, 15) is 28.9 Å². The first kappa shape index (κ1) is 24.7. The molecule has 3 atom stereocenters. The summed E-state index contributed by atoms with van der Waals surface area (Å²) in [5.41, 5.74) is 5.36. The number of hydrogen-bond donors (Lipinski definition) is 4. The van der Waals surface area contributed by atoms with Crippen LogP contribution in [0.5, 0.6) is 0 Å². The highest BCUT2D eigenvalue weighted by atomic mass is 31.2. The number of unbranched alkanes of at least 4 members (excludes halogenated alkanes) is 1. The van der Waals surface area contributed by atoms with Crippen molar-refractivity contribution in [2.75, 3.05) is 6.54 Å². The maximum absolute atomic E-state index is 12.6. The first-order valence-corrected chi connectivity index (χ1v) is 10.4. The quantitative estimate of drug-likeness (QED) is 0.256. The molecular weight excluding hydrogens is 363 g/mol. The topological polar surface area (TPSA) is 156 Å². The molecule has 0 aliphatic carbocycles. The Hall–Kier alpha value is -1.28. The van der Waals surface area contributed by atoms with Crippen molar-refractivity contribution in [3.63, 3.8) is 0 Å². The van der Waals surface area contributed by atoms with Crippen molar-refractivity contribution >= 4 is 25.3 Å². The van der Waals surface area contributed by atoms with Gasteiger partial charge >= 0.3 is 13.6 Å². The Morgan fingerprint density at radius 1 is 1.15 bits per heavy atom. The average molecular weight is 394 g/mol. The number of rotatable bonds is 14. The van der Waals surface area contributed by atoms with Crippen LogP contribution in [-0.2, 0) is 23.5 Å². The van der Waals surface area contributed by atoms with Crippen molar-refractivity contribution in [3.05, 3.63) is 0 Å². The lowest BCUT2D eigenvalue weighted by Gasteiger charge is -2.28. The molecule has 1 amide bonds. The summed E-state index contributed by atoms with van der Waals surface area (Å²) in [7, 11) is -4.43.